The molecule has 0 bridgehead atoms. The van der Waals surface area contributed by atoms with Crippen molar-refractivity contribution in [3.05, 3.63) is 59.7 Å². The summed E-state index contributed by atoms with van der Waals surface area (Å²) < 4.78 is 32.3. The molecule has 0 aliphatic carbocycles. The Balaban J connectivity index is 2.13. The van der Waals surface area contributed by atoms with Crippen LogP contribution in [0.4, 0.5) is 0 Å². The number of ether oxygens (including phenoxy) is 1. The van der Waals surface area contributed by atoms with Crippen molar-refractivity contribution in [3.8, 4) is 5.75 Å². The normalized spacial score (nSPS) is 11.3. The second kappa shape index (κ2) is 6.71. The fourth-order valence-corrected chi connectivity index (χ4v) is 3.20. The third-order valence-corrected chi connectivity index (χ3v) is 4.61. The SMILES string of the molecule is COc1ccc(CNS(=O)(=O)c2ccccc2CN)cc1. The van der Waals surface area contributed by atoms with Crippen LogP contribution in [-0.2, 0) is 23.1 Å². The molecule has 0 amide bonds. The average Bonchev–Trinajstić information content (AvgIpc) is 2.53. The van der Waals surface area contributed by atoms with Gasteiger partial charge < -0.3 is 10.5 Å². The number of nitrogens with one attached hydrogen (secondary N) is 1. The van der Waals surface area contributed by atoms with Crippen molar-refractivity contribution in [3.63, 3.8) is 0 Å². The lowest BCUT2D eigenvalue weighted by atomic mass is 10.2. The van der Waals surface area contributed by atoms with Gasteiger partial charge in [0.05, 0.1) is 12.0 Å². The molecule has 0 saturated heterocycles. The minimum absolute atomic E-state index is 0.180. The van der Waals surface area contributed by atoms with Crippen LogP contribution in [0.5, 0.6) is 5.75 Å². The maximum atomic E-state index is 12.3. The topological polar surface area (TPSA) is 81.4 Å². The number of benzene rings is 2. The van der Waals surface area contributed by atoms with Gasteiger partial charge in [-0.05, 0) is 29.3 Å². The first-order valence-electron chi connectivity index (χ1n) is 6.47. The molecular formula is C15H18N2O3S. The lowest BCUT2D eigenvalue weighted by Crippen LogP contribution is -2.24. The average molecular weight is 306 g/mol. The lowest BCUT2D eigenvalue weighted by molar-refractivity contribution is 0.414. The standard InChI is InChI=1S/C15H18N2O3S/c1-20-14-8-6-12(7-9-14)11-17-21(18,19)15-5-3-2-4-13(15)10-16/h2-9,17H,10-11,16H2,1H3. The minimum atomic E-state index is -3.58. The van der Waals surface area contributed by atoms with Crippen molar-refractivity contribution in [1.29, 1.82) is 0 Å². The van der Waals surface area contributed by atoms with E-state index >= 15 is 0 Å². The first kappa shape index (κ1) is 15.5. The van der Waals surface area contributed by atoms with Crippen LogP contribution in [0.2, 0.25) is 0 Å². The largest absolute Gasteiger partial charge is 0.497 e. The molecule has 0 fully saturated rings. The van der Waals surface area contributed by atoms with E-state index in [1.54, 1.807) is 43.5 Å². The molecule has 0 aliphatic rings. The summed E-state index contributed by atoms with van der Waals surface area (Å²) in [6, 6.07) is 13.9. The second-order valence-electron chi connectivity index (χ2n) is 4.48. The molecule has 112 valence electrons. The van der Waals surface area contributed by atoms with Crippen LogP contribution in [0, 0.1) is 0 Å². The highest BCUT2D eigenvalue weighted by molar-refractivity contribution is 7.89. The Kier molecular flexibility index (Phi) is 4.95. The molecule has 2 aromatic carbocycles. The highest BCUT2D eigenvalue weighted by atomic mass is 32.2. The quantitative estimate of drug-likeness (QED) is 0.850. The van der Waals surface area contributed by atoms with Crippen LogP contribution in [0.25, 0.3) is 0 Å². The van der Waals surface area contributed by atoms with Crippen molar-refractivity contribution >= 4 is 10.0 Å². The van der Waals surface area contributed by atoms with Gasteiger partial charge in [0.2, 0.25) is 10.0 Å². The number of hydrogen-bond donors (Lipinski definition) is 2. The number of rotatable bonds is 6. The summed E-state index contributed by atoms with van der Waals surface area (Å²) in [5.74, 6) is 0.732. The van der Waals surface area contributed by atoms with E-state index in [1.807, 2.05) is 12.1 Å². The summed E-state index contributed by atoms with van der Waals surface area (Å²) in [5.41, 5.74) is 7.03. The molecule has 5 nitrogen and oxygen atoms in total. The Morgan fingerprint density at radius 2 is 1.76 bits per heavy atom. The first-order chi connectivity index (χ1) is 10.1. The third-order valence-electron chi connectivity index (χ3n) is 3.11. The van der Waals surface area contributed by atoms with Gasteiger partial charge >= 0.3 is 0 Å². The van der Waals surface area contributed by atoms with E-state index < -0.39 is 10.0 Å². The molecule has 2 aromatic rings. The van der Waals surface area contributed by atoms with E-state index in [2.05, 4.69) is 4.72 Å². The number of sulfonamides is 1. The Bertz CT molecular complexity index is 697. The molecule has 6 heteroatoms. The predicted octanol–water partition coefficient (Wildman–Crippen LogP) is 1.63. The second-order valence-corrected chi connectivity index (χ2v) is 6.22. The first-order valence-corrected chi connectivity index (χ1v) is 7.95. The van der Waals surface area contributed by atoms with Crippen molar-refractivity contribution in [1.82, 2.24) is 4.72 Å². The number of nitrogens with two attached hydrogens (primary N) is 1. The van der Waals surface area contributed by atoms with Crippen LogP contribution in [0.3, 0.4) is 0 Å². The van der Waals surface area contributed by atoms with Gasteiger partial charge in [-0.15, -0.1) is 0 Å². The van der Waals surface area contributed by atoms with E-state index in [0.717, 1.165) is 11.3 Å². The molecule has 0 heterocycles. The van der Waals surface area contributed by atoms with Crippen molar-refractivity contribution in [2.45, 2.75) is 18.0 Å². The third kappa shape index (κ3) is 3.81. The Hall–Kier alpha value is -1.89. The van der Waals surface area contributed by atoms with Crippen molar-refractivity contribution < 1.29 is 13.2 Å². The molecule has 0 aliphatic heterocycles. The van der Waals surface area contributed by atoms with Gasteiger partial charge in [0.15, 0.2) is 0 Å². The fourth-order valence-electron chi connectivity index (χ4n) is 1.93. The summed E-state index contributed by atoms with van der Waals surface area (Å²) in [4.78, 5) is 0.223. The Labute approximate surface area is 124 Å². The molecular weight excluding hydrogens is 288 g/mol. The van der Waals surface area contributed by atoms with E-state index in [0.29, 0.717) is 5.56 Å². The molecule has 3 N–H and O–H groups in total. The Morgan fingerprint density at radius 3 is 2.38 bits per heavy atom. The minimum Gasteiger partial charge on any atom is -0.497 e. The van der Waals surface area contributed by atoms with Gasteiger partial charge in [0.1, 0.15) is 5.75 Å². The Morgan fingerprint density at radius 1 is 1.10 bits per heavy atom. The summed E-state index contributed by atoms with van der Waals surface area (Å²) in [6.07, 6.45) is 0. The smallest absolute Gasteiger partial charge is 0.241 e. The van der Waals surface area contributed by atoms with Crippen LogP contribution in [0.1, 0.15) is 11.1 Å². The van der Waals surface area contributed by atoms with E-state index in [-0.39, 0.29) is 18.0 Å². The fraction of sp³-hybridized carbons (Fsp3) is 0.200. The molecule has 0 radical (unpaired) electrons. The molecule has 2 rings (SSSR count). The van der Waals surface area contributed by atoms with Crippen molar-refractivity contribution in [2.75, 3.05) is 7.11 Å². The van der Waals surface area contributed by atoms with Crippen LogP contribution in [0.15, 0.2) is 53.4 Å². The summed E-state index contributed by atoms with van der Waals surface area (Å²) in [6.45, 7) is 0.394. The van der Waals surface area contributed by atoms with Gasteiger partial charge in [0.25, 0.3) is 0 Å². The van der Waals surface area contributed by atoms with Gasteiger partial charge in [-0.25, -0.2) is 13.1 Å². The number of methoxy groups -OCH3 is 1. The summed E-state index contributed by atoms with van der Waals surface area (Å²) >= 11 is 0. The summed E-state index contributed by atoms with van der Waals surface area (Å²) in [5, 5.41) is 0. The lowest BCUT2D eigenvalue weighted by Gasteiger charge is -2.10. The van der Waals surface area contributed by atoms with Gasteiger partial charge in [-0.3, -0.25) is 0 Å². The van der Waals surface area contributed by atoms with Crippen LogP contribution in [-0.4, -0.2) is 15.5 Å². The number of hydrogen-bond acceptors (Lipinski definition) is 4. The zero-order chi connectivity index (χ0) is 15.3. The van der Waals surface area contributed by atoms with Crippen LogP contribution >= 0.6 is 0 Å². The molecule has 21 heavy (non-hydrogen) atoms. The van der Waals surface area contributed by atoms with E-state index in [1.165, 1.54) is 0 Å². The maximum Gasteiger partial charge on any atom is 0.241 e. The van der Waals surface area contributed by atoms with Gasteiger partial charge in [-0.2, -0.15) is 0 Å². The zero-order valence-corrected chi connectivity index (χ0v) is 12.6. The van der Waals surface area contributed by atoms with Crippen LogP contribution < -0.4 is 15.2 Å². The highest BCUT2D eigenvalue weighted by Crippen LogP contribution is 2.16. The van der Waals surface area contributed by atoms with E-state index in [4.69, 9.17) is 10.5 Å². The van der Waals surface area contributed by atoms with Gasteiger partial charge in [0, 0.05) is 13.1 Å². The highest BCUT2D eigenvalue weighted by Gasteiger charge is 2.16. The predicted molar refractivity (Wildman–Crippen MR) is 81.4 cm³/mol. The zero-order valence-electron chi connectivity index (χ0n) is 11.7. The molecule has 0 saturated carbocycles. The molecule has 0 atom stereocenters. The summed E-state index contributed by atoms with van der Waals surface area (Å²) in [7, 11) is -1.99. The van der Waals surface area contributed by atoms with E-state index in [9.17, 15) is 8.42 Å². The van der Waals surface area contributed by atoms with Crippen molar-refractivity contribution in [2.24, 2.45) is 5.73 Å². The van der Waals surface area contributed by atoms with Gasteiger partial charge in [-0.1, -0.05) is 30.3 Å². The molecule has 0 unspecified atom stereocenters. The molecule has 0 spiro atoms. The maximum absolute atomic E-state index is 12.3. The monoisotopic (exact) mass is 306 g/mol. The molecule has 0 aromatic heterocycles.